The quantitative estimate of drug-likeness (QED) is 0.765. The Hall–Kier alpha value is -1.66. The second-order valence-corrected chi connectivity index (χ2v) is 7.15. The number of methoxy groups -OCH3 is 1. The van der Waals surface area contributed by atoms with Gasteiger partial charge in [-0.05, 0) is 49.5 Å². The zero-order valence-corrected chi connectivity index (χ0v) is 15.4. The van der Waals surface area contributed by atoms with E-state index in [1.807, 2.05) is 24.3 Å². The molecule has 0 spiro atoms. The molecule has 0 saturated heterocycles. The lowest BCUT2D eigenvalue weighted by Gasteiger charge is -2.20. The first-order valence-electron chi connectivity index (χ1n) is 8.25. The number of hydrogen-bond acceptors (Lipinski definition) is 5. The van der Waals surface area contributed by atoms with Crippen molar-refractivity contribution < 1.29 is 14.7 Å². The Labute approximate surface area is 151 Å². The van der Waals surface area contributed by atoms with Crippen LogP contribution in [0.5, 0.6) is 11.5 Å². The maximum absolute atomic E-state index is 9.63. The fraction of sp³-hybridized carbons (Fsp3) is 0.444. The van der Waals surface area contributed by atoms with Crippen molar-refractivity contribution in [2.24, 2.45) is 0 Å². The third-order valence-corrected chi connectivity index (χ3v) is 4.71. The van der Waals surface area contributed by atoms with Crippen molar-refractivity contribution >= 4 is 15.9 Å². The fourth-order valence-electron chi connectivity index (χ4n) is 3.02. The summed E-state index contributed by atoms with van der Waals surface area (Å²) in [7, 11) is 1.67. The molecule has 24 heavy (non-hydrogen) atoms. The minimum atomic E-state index is 0.296. The van der Waals surface area contributed by atoms with Gasteiger partial charge in [0.1, 0.15) is 0 Å². The Morgan fingerprint density at radius 1 is 1.29 bits per heavy atom. The molecule has 0 unspecified atom stereocenters. The summed E-state index contributed by atoms with van der Waals surface area (Å²) in [6, 6.07) is 6.00. The van der Waals surface area contributed by atoms with Gasteiger partial charge >= 0.3 is 0 Å². The first-order chi connectivity index (χ1) is 11.6. The van der Waals surface area contributed by atoms with E-state index in [2.05, 4.69) is 21.2 Å². The van der Waals surface area contributed by atoms with Crippen molar-refractivity contribution in [2.45, 2.75) is 38.3 Å². The molecular weight excluding hydrogens is 372 g/mol. The minimum absolute atomic E-state index is 0.296. The van der Waals surface area contributed by atoms with Gasteiger partial charge < -0.3 is 14.8 Å². The molecule has 2 N–H and O–H groups in total. The van der Waals surface area contributed by atoms with Crippen molar-refractivity contribution in [1.29, 1.82) is 0 Å². The van der Waals surface area contributed by atoms with Crippen LogP contribution in [-0.4, -0.2) is 30.0 Å². The van der Waals surface area contributed by atoms with Gasteiger partial charge in [-0.25, -0.2) is 0 Å². The van der Waals surface area contributed by atoms with Crippen molar-refractivity contribution in [3.8, 4) is 11.5 Å². The summed E-state index contributed by atoms with van der Waals surface area (Å²) >= 11 is 3.42. The first kappa shape index (κ1) is 17.2. The molecular formula is C18H23BrN2O3. The summed E-state index contributed by atoms with van der Waals surface area (Å²) in [6.45, 7) is 1.11. The number of hydrogen-bond donors (Lipinski definition) is 2. The maximum atomic E-state index is 9.63. The van der Waals surface area contributed by atoms with Gasteiger partial charge in [0.15, 0.2) is 11.5 Å². The Bertz CT molecular complexity index is 639. The molecule has 2 aliphatic rings. The van der Waals surface area contributed by atoms with E-state index in [9.17, 15) is 5.21 Å². The largest absolute Gasteiger partial charge is 0.493 e. The fourth-order valence-corrected chi connectivity index (χ4v) is 3.53. The molecule has 0 aromatic heterocycles. The lowest BCUT2D eigenvalue weighted by atomic mass is 10.2. The molecule has 1 aliphatic heterocycles. The highest BCUT2D eigenvalue weighted by Crippen LogP contribution is 2.32. The molecule has 130 valence electrons. The average Bonchev–Trinajstić information content (AvgIpc) is 3.05. The number of hydroxylamine groups is 2. The van der Waals surface area contributed by atoms with Crippen molar-refractivity contribution in [1.82, 2.24) is 10.4 Å². The lowest BCUT2D eigenvalue weighted by Crippen LogP contribution is -2.23. The molecule has 0 radical (unpaired) electrons. The van der Waals surface area contributed by atoms with Crippen LogP contribution in [-0.2, 0) is 6.54 Å². The van der Waals surface area contributed by atoms with E-state index in [0.29, 0.717) is 19.2 Å². The molecule has 0 bridgehead atoms. The summed E-state index contributed by atoms with van der Waals surface area (Å²) in [4.78, 5) is 0. The number of halogens is 1. The summed E-state index contributed by atoms with van der Waals surface area (Å²) in [5, 5.41) is 14.1. The number of rotatable bonds is 6. The van der Waals surface area contributed by atoms with Crippen LogP contribution in [0.15, 0.2) is 40.7 Å². The number of allylic oxidation sites excluding steroid dienone is 1. The van der Waals surface area contributed by atoms with Crippen molar-refractivity contribution in [2.75, 3.05) is 13.7 Å². The Morgan fingerprint density at radius 3 is 2.79 bits per heavy atom. The average molecular weight is 395 g/mol. The lowest BCUT2D eigenvalue weighted by molar-refractivity contribution is -0.0322. The van der Waals surface area contributed by atoms with Gasteiger partial charge in [0.25, 0.3) is 0 Å². The van der Waals surface area contributed by atoms with Crippen LogP contribution in [0.3, 0.4) is 0 Å². The van der Waals surface area contributed by atoms with Crippen molar-refractivity contribution in [3.63, 3.8) is 0 Å². The van der Waals surface area contributed by atoms with E-state index in [4.69, 9.17) is 9.47 Å². The number of ether oxygens (including phenoxy) is 2. The van der Waals surface area contributed by atoms with Crippen LogP contribution in [0.2, 0.25) is 0 Å². The monoisotopic (exact) mass is 394 g/mol. The summed E-state index contributed by atoms with van der Waals surface area (Å²) in [6.07, 6.45) is 8.64. The highest BCUT2D eigenvalue weighted by atomic mass is 79.9. The van der Waals surface area contributed by atoms with Gasteiger partial charge in [-0.2, -0.15) is 0 Å². The van der Waals surface area contributed by atoms with E-state index in [0.717, 1.165) is 45.1 Å². The topological polar surface area (TPSA) is 54.0 Å². The Morgan fingerprint density at radius 2 is 2.08 bits per heavy atom. The van der Waals surface area contributed by atoms with Crippen LogP contribution in [0.4, 0.5) is 0 Å². The second-order valence-electron chi connectivity index (χ2n) is 6.14. The molecule has 1 aromatic carbocycles. The van der Waals surface area contributed by atoms with Crippen LogP contribution >= 0.6 is 15.9 Å². The molecule has 1 fully saturated rings. The zero-order valence-electron chi connectivity index (χ0n) is 13.8. The predicted molar refractivity (Wildman–Crippen MR) is 96.3 cm³/mol. The number of nitrogens with zero attached hydrogens (tertiary/aromatic N) is 1. The highest BCUT2D eigenvalue weighted by molar-refractivity contribution is 9.11. The normalized spacial score (nSPS) is 18.2. The number of benzene rings is 1. The van der Waals surface area contributed by atoms with Gasteiger partial charge in [0.2, 0.25) is 0 Å². The molecule has 1 heterocycles. The van der Waals surface area contributed by atoms with Gasteiger partial charge in [0.05, 0.1) is 31.7 Å². The SMILES string of the molecule is COc1ccc(CNC2=CN(O)CC(Br)=C2)cc1OC1CCCC1. The Balaban J connectivity index is 1.67. The molecule has 0 atom stereocenters. The van der Waals surface area contributed by atoms with Gasteiger partial charge in [-0.15, -0.1) is 0 Å². The highest BCUT2D eigenvalue weighted by Gasteiger charge is 2.18. The van der Waals surface area contributed by atoms with E-state index in [1.165, 1.54) is 12.8 Å². The maximum Gasteiger partial charge on any atom is 0.161 e. The van der Waals surface area contributed by atoms with Gasteiger partial charge in [-0.3, -0.25) is 10.3 Å². The second kappa shape index (κ2) is 7.94. The summed E-state index contributed by atoms with van der Waals surface area (Å²) in [5.41, 5.74) is 1.95. The zero-order chi connectivity index (χ0) is 16.9. The molecule has 5 nitrogen and oxygen atoms in total. The minimum Gasteiger partial charge on any atom is -0.493 e. The molecule has 3 rings (SSSR count). The van der Waals surface area contributed by atoms with Crippen LogP contribution < -0.4 is 14.8 Å². The molecule has 1 aromatic rings. The number of nitrogens with one attached hydrogen (secondary N) is 1. The van der Waals surface area contributed by atoms with Gasteiger partial charge in [-0.1, -0.05) is 22.0 Å². The summed E-state index contributed by atoms with van der Waals surface area (Å²) < 4.78 is 12.5. The Kier molecular flexibility index (Phi) is 5.68. The first-order valence-corrected chi connectivity index (χ1v) is 9.04. The van der Waals surface area contributed by atoms with E-state index >= 15 is 0 Å². The third-order valence-electron chi connectivity index (χ3n) is 4.23. The van der Waals surface area contributed by atoms with Crippen LogP contribution in [0, 0.1) is 0 Å². The molecule has 6 heteroatoms. The van der Waals surface area contributed by atoms with Crippen LogP contribution in [0.1, 0.15) is 31.2 Å². The standard InChI is InChI=1S/C18H23BrN2O3/c1-23-17-7-6-13(8-18(17)24-16-4-2-3-5-16)10-20-15-9-14(19)11-21(22)12-15/h6-9,12,16,20,22H,2-5,10-11H2,1H3. The van der Waals surface area contributed by atoms with E-state index < -0.39 is 0 Å². The predicted octanol–water partition coefficient (Wildman–Crippen LogP) is 3.93. The third kappa shape index (κ3) is 4.45. The van der Waals surface area contributed by atoms with Gasteiger partial charge in [0, 0.05) is 11.0 Å². The van der Waals surface area contributed by atoms with E-state index in [1.54, 1.807) is 13.3 Å². The molecule has 1 saturated carbocycles. The summed E-state index contributed by atoms with van der Waals surface area (Å²) in [5.74, 6) is 1.58. The smallest absolute Gasteiger partial charge is 0.161 e. The molecule has 0 amide bonds. The van der Waals surface area contributed by atoms with E-state index in [-0.39, 0.29) is 0 Å². The van der Waals surface area contributed by atoms with Crippen LogP contribution in [0.25, 0.3) is 0 Å². The molecule has 1 aliphatic carbocycles. The van der Waals surface area contributed by atoms with Crippen molar-refractivity contribution in [3.05, 3.63) is 46.2 Å².